The maximum Gasteiger partial charge on any atom is 0.280 e. The van der Waals surface area contributed by atoms with Gasteiger partial charge in [0.15, 0.2) is 5.96 Å². The Morgan fingerprint density at radius 3 is 2.56 bits per heavy atom. The van der Waals surface area contributed by atoms with E-state index < -0.39 is 0 Å². The molecular formula is C25H30N4O3. The van der Waals surface area contributed by atoms with Crippen LogP contribution in [0.25, 0.3) is 0 Å². The fraction of sp³-hybridized carbons (Fsp3) is 0.400. The van der Waals surface area contributed by atoms with Crippen molar-refractivity contribution in [1.82, 2.24) is 16.0 Å². The van der Waals surface area contributed by atoms with E-state index >= 15 is 0 Å². The number of hydrogen-bond acceptors (Lipinski definition) is 3. The number of benzene rings is 2. The van der Waals surface area contributed by atoms with Crippen LogP contribution >= 0.6 is 0 Å². The summed E-state index contributed by atoms with van der Waals surface area (Å²) in [7, 11) is 0. The lowest BCUT2D eigenvalue weighted by molar-refractivity contribution is 0.0948. The maximum absolute atomic E-state index is 12.7. The minimum atomic E-state index is -0.291. The van der Waals surface area contributed by atoms with Gasteiger partial charge in [-0.2, -0.15) is 4.99 Å². The first-order chi connectivity index (χ1) is 15.5. The molecule has 0 atom stereocenters. The molecule has 7 nitrogen and oxygen atoms in total. The van der Waals surface area contributed by atoms with Gasteiger partial charge in [-0.05, 0) is 67.0 Å². The average Bonchev–Trinajstić information content (AvgIpc) is 3.50. The minimum absolute atomic E-state index is 0.145. The fourth-order valence-corrected chi connectivity index (χ4v) is 3.59. The van der Waals surface area contributed by atoms with E-state index in [0.29, 0.717) is 47.0 Å². The smallest absolute Gasteiger partial charge is 0.280 e. The Morgan fingerprint density at radius 1 is 1.09 bits per heavy atom. The first-order valence-electron chi connectivity index (χ1n) is 11.3. The SMILES string of the molecule is CC(C)CCNC(=O)c1ccccc1Oc1ccc(C(=O)N=C2NCCN2)cc1C1CC1. The number of para-hydroxylation sites is 1. The predicted octanol–water partition coefficient (Wildman–Crippen LogP) is 3.82. The topological polar surface area (TPSA) is 91.8 Å². The van der Waals surface area contributed by atoms with Crippen LogP contribution in [0.3, 0.4) is 0 Å². The molecule has 1 saturated heterocycles. The summed E-state index contributed by atoms with van der Waals surface area (Å²) in [6.45, 7) is 6.40. The van der Waals surface area contributed by atoms with Gasteiger partial charge in [-0.3, -0.25) is 9.59 Å². The second-order valence-electron chi connectivity index (χ2n) is 8.68. The monoisotopic (exact) mass is 434 g/mol. The van der Waals surface area contributed by atoms with Crippen molar-refractivity contribution in [2.45, 2.75) is 39.0 Å². The van der Waals surface area contributed by atoms with Gasteiger partial charge in [0.1, 0.15) is 11.5 Å². The number of carbonyl (C=O) groups is 2. The number of hydrogen-bond donors (Lipinski definition) is 3. The van der Waals surface area contributed by atoms with Crippen LogP contribution in [-0.4, -0.2) is 37.4 Å². The second-order valence-corrected chi connectivity index (χ2v) is 8.68. The third-order valence-electron chi connectivity index (χ3n) is 5.56. The highest BCUT2D eigenvalue weighted by atomic mass is 16.5. The number of guanidine groups is 1. The van der Waals surface area contributed by atoms with E-state index in [1.54, 1.807) is 18.2 Å². The molecule has 0 aromatic heterocycles. The Balaban J connectivity index is 1.54. The van der Waals surface area contributed by atoms with E-state index in [1.165, 1.54) is 0 Å². The van der Waals surface area contributed by atoms with Gasteiger partial charge in [-0.15, -0.1) is 0 Å². The molecule has 0 bridgehead atoms. The van der Waals surface area contributed by atoms with Crippen molar-refractivity contribution in [3.05, 3.63) is 59.2 Å². The summed E-state index contributed by atoms with van der Waals surface area (Å²) >= 11 is 0. The van der Waals surface area contributed by atoms with Crippen LogP contribution in [0.1, 0.15) is 65.3 Å². The van der Waals surface area contributed by atoms with Crippen molar-refractivity contribution in [3.63, 3.8) is 0 Å². The van der Waals surface area contributed by atoms with Gasteiger partial charge < -0.3 is 20.7 Å². The lowest BCUT2D eigenvalue weighted by Crippen LogP contribution is -2.25. The van der Waals surface area contributed by atoms with E-state index in [-0.39, 0.29) is 11.8 Å². The first kappa shape index (κ1) is 21.9. The summed E-state index contributed by atoms with van der Waals surface area (Å²) in [5.41, 5.74) is 2.02. The van der Waals surface area contributed by atoms with Crippen molar-refractivity contribution >= 4 is 17.8 Å². The van der Waals surface area contributed by atoms with Crippen molar-refractivity contribution < 1.29 is 14.3 Å². The van der Waals surface area contributed by atoms with Gasteiger partial charge in [0.2, 0.25) is 0 Å². The Morgan fingerprint density at radius 2 is 1.84 bits per heavy atom. The summed E-state index contributed by atoms with van der Waals surface area (Å²) < 4.78 is 6.23. The van der Waals surface area contributed by atoms with Crippen molar-refractivity contribution in [1.29, 1.82) is 0 Å². The van der Waals surface area contributed by atoms with Crippen molar-refractivity contribution in [2.75, 3.05) is 19.6 Å². The summed E-state index contributed by atoms with van der Waals surface area (Å²) in [4.78, 5) is 29.4. The number of rotatable bonds is 8. The molecule has 0 radical (unpaired) electrons. The molecule has 0 unspecified atom stereocenters. The van der Waals surface area contributed by atoms with Crippen molar-refractivity contribution in [3.8, 4) is 11.5 Å². The zero-order valence-electron chi connectivity index (χ0n) is 18.6. The molecular weight excluding hydrogens is 404 g/mol. The standard InChI is InChI=1S/C25H30N4O3/c1-16(2)11-12-26-24(31)19-5-3-4-6-21(19)32-22-10-9-18(15-20(22)17-7-8-17)23(30)29-25-27-13-14-28-25/h3-6,9-10,15-17H,7-8,11-14H2,1-2H3,(H,26,31)(H2,27,28,29,30). The Hall–Kier alpha value is -3.35. The van der Waals surface area contributed by atoms with E-state index in [4.69, 9.17) is 4.74 Å². The largest absolute Gasteiger partial charge is 0.456 e. The molecule has 1 heterocycles. The highest BCUT2D eigenvalue weighted by Gasteiger charge is 2.28. The summed E-state index contributed by atoms with van der Waals surface area (Å²) in [5.74, 6) is 2.15. The molecule has 0 spiro atoms. The third-order valence-corrected chi connectivity index (χ3v) is 5.56. The molecule has 1 aliphatic heterocycles. The number of nitrogens with one attached hydrogen (secondary N) is 3. The molecule has 32 heavy (non-hydrogen) atoms. The molecule has 2 aromatic rings. The number of amides is 2. The molecule has 1 aliphatic carbocycles. The number of ether oxygens (including phenoxy) is 1. The zero-order chi connectivity index (χ0) is 22.5. The Kier molecular flexibility index (Phi) is 6.73. The van der Waals surface area contributed by atoms with E-state index in [0.717, 1.165) is 37.9 Å². The van der Waals surface area contributed by atoms with E-state index in [2.05, 4.69) is 34.8 Å². The molecule has 2 aromatic carbocycles. The number of aliphatic imine (C=N–C) groups is 1. The normalized spacial score (nSPS) is 15.2. The van der Waals surface area contributed by atoms with E-state index in [9.17, 15) is 9.59 Å². The number of nitrogens with zero attached hydrogens (tertiary/aromatic N) is 1. The molecule has 4 rings (SSSR count). The predicted molar refractivity (Wildman–Crippen MR) is 124 cm³/mol. The molecule has 2 amide bonds. The third kappa shape index (κ3) is 5.46. The lowest BCUT2D eigenvalue weighted by Gasteiger charge is -2.15. The van der Waals surface area contributed by atoms with Crippen LogP contribution < -0.4 is 20.7 Å². The van der Waals surface area contributed by atoms with Crippen LogP contribution in [0.4, 0.5) is 0 Å². The van der Waals surface area contributed by atoms with Crippen LogP contribution in [0.2, 0.25) is 0 Å². The van der Waals surface area contributed by atoms with Gasteiger partial charge in [0, 0.05) is 25.2 Å². The molecule has 2 fully saturated rings. The molecule has 2 aliphatic rings. The quantitative estimate of drug-likeness (QED) is 0.587. The Labute approximate surface area is 188 Å². The van der Waals surface area contributed by atoms with Crippen LogP contribution in [0.15, 0.2) is 47.5 Å². The van der Waals surface area contributed by atoms with Gasteiger partial charge in [0.05, 0.1) is 5.56 Å². The maximum atomic E-state index is 12.7. The molecule has 3 N–H and O–H groups in total. The van der Waals surface area contributed by atoms with Crippen molar-refractivity contribution in [2.24, 2.45) is 10.9 Å². The lowest BCUT2D eigenvalue weighted by atomic mass is 10.0. The van der Waals surface area contributed by atoms with E-state index in [1.807, 2.05) is 24.3 Å². The highest BCUT2D eigenvalue weighted by molar-refractivity contribution is 6.03. The Bertz CT molecular complexity index is 1020. The van der Waals surface area contributed by atoms with Crippen LogP contribution in [0.5, 0.6) is 11.5 Å². The van der Waals surface area contributed by atoms with Gasteiger partial charge in [0.25, 0.3) is 11.8 Å². The van der Waals surface area contributed by atoms with Gasteiger partial charge in [-0.25, -0.2) is 0 Å². The average molecular weight is 435 g/mol. The summed E-state index contributed by atoms with van der Waals surface area (Å²) in [6, 6.07) is 12.7. The van der Waals surface area contributed by atoms with Crippen LogP contribution in [0, 0.1) is 5.92 Å². The van der Waals surface area contributed by atoms with Gasteiger partial charge >= 0.3 is 0 Å². The number of carbonyl (C=O) groups excluding carboxylic acids is 2. The molecule has 168 valence electrons. The summed E-state index contributed by atoms with van der Waals surface area (Å²) in [5, 5.41) is 9.06. The summed E-state index contributed by atoms with van der Waals surface area (Å²) in [6.07, 6.45) is 3.04. The fourth-order valence-electron chi connectivity index (χ4n) is 3.59. The molecule has 1 saturated carbocycles. The first-order valence-corrected chi connectivity index (χ1v) is 11.3. The van der Waals surface area contributed by atoms with Gasteiger partial charge in [-0.1, -0.05) is 26.0 Å². The second kappa shape index (κ2) is 9.85. The molecule has 7 heteroatoms. The van der Waals surface area contributed by atoms with Crippen LogP contribution in [-0.2, 0) is 0 Å². The minimum Gasteiger partial charge on any atom is -0.456 e. The highest BCUT2D eigenvalue weighted by Crippen LogP contribution is 2.46. The zero-order valence-corrected chi connectivity index (χ0v) is 18.6.